The Bertz CT molecular complexity index is 902. The second kappa shape index (κ2) is 11.9. The molecule has 1 aromatic heterocycles. The first-order valence-electron chi connectivity index (χ1n) is 11.3. The molecule has 1 heterocycles. The zero-order valence-electron chi connectivity index (χ0n) is 18.9. The summed E-state index contributed by atoms with van der Waals surface area (Å²) in [7, 11) is 0. The third-order valence-electron chi connectivity index (χ3n) is 5.22. The van der Waals surface area contributed by atoms with Gasteiger partial charge in [-0.1, -0.05) is 74.5 Å². The molecule has 6 heteroatoms. The van der Waals surface area contributed by atoms with Gasteiger partial charge in [0.1, 0.15) is 5.82 Å². The SMILES string of the molecule is CC(C)CNC(=O)CCCCc1nnc(SCC2=CC=C[C@@H](C)C2)n1-c1ccccc1. The number of hydrogen-bond acceptors (Lipinski definition) is 4. The van der Waals surface area contributed by atoms with Gasteiger partial charge in [0.15, 0.2) is 5.16 Å². The minimum atomic E-state index is 0.138. The summed E-state index contributed by atoms with van der Waals surface area (Å²) in [6, 6.07) is 10.3. The maximum Gasteiger partial charge on any atom is 0.220 e. The number of unbranched alkanes of at least 4 members (excludes halogenated alkanes) is 1. The molecule has 1 atom stereocenters. The molecule has 0 unspecified atom stereocenters. The minimum absolute atomic E-state index is 0.138. The second-order valence-electron chi connectivity index (χ2n) is 8.65. The van der Waals surface area contributed by atoms with Crippen molar-refractivity contribution in [3.8, 4) is 5.69 Å². The van der Waals surface area contributed by atoms with Gasteiger partial charge in [-0.15, -0.1) is 10.2 Å². The number of aryl methyl sites for hydroxylation is 1. The Labute approximate surface area is 190 Å². The van der Waals surface area contributed by atoms with Gasteiger partial charge >= 0.3 is 0 Å². The fourth-order valence-electron chi connectivity index (χ4n) is 3.56. The van der Waals surface area contributed by atoms with Crippen molar-refractivity contribution in [1.29, 1.82) is 0 Å². The number of nitrogens with zero attached hydrogens (tertiary/aromatic N) is 3. The van der Waals surface area contributed by atoms with Crippen LogP contribution in [0.2, 0.25) is 0 Å². The van der Waals surface area contributed by atoms with Crippen molar-refractivity contribution in [3.63, 3.8) is 0 Å². The van der Waals surface area contributed by atoms with Crippen molar-refractivity contribution in [3.05, 3.63) is 60.0 Å². The lowest BCUT2D eigenvalue weighted by molar-refractivity contribution is -0.121. The second-order valence-corrected chi connectivity index (χ2v) is 9.60. The van der Waals surface area contributed by atoms with E-state index in [4.69, 9.17) is 0 Å². The highest BCUT2D eigenvalue weighted by Gasteiger charge is 2.16. The van der Waals surface area contributed by atoms with E-state index >= 15 is 0 Å². The molecule has 3 rings (SSSR count). The van der Waals surface area contributed by atoms with E-state index < -0.39 is 0 Å². The standard InChI is InChI=1S/C25H34N4OS/c1-19(2)17-26-24(30)15-8-7-14-23-27-28-25(29(23)22-12-5-4-6-13-22)31-18-21-11-9-10-20(3)16-21/h4-6,9-13,19-20H,7-8,14-18H2,1-3H3,(H,26,30)/t20-/m1/s1. The van der Waals surface area contributed by atoms with Crippen LogP contribution < -0.4 is 5.32 Å². The highest BCUT2D eigenvalue weighted by atomic mass is 32.2. The summed E-state index contributed by atoms with van der Waals surface area (Å²) in [6.07, 6.45) is 10.9. The summed E-state index contributed by atoms with van der Waals surface area (Å²) in [6.45, 7) is 7.21. The Morgan fingerprint density at radius 1 is 1.23 bits per heavy atom. The molecule has 0 saturated carbocycles. The van der Waals surface area contributed by atoms with E-state index in [9.17, 15) is 4.79 Å². The maximum atomic E-state index is 12.0. The van der Waals surface area contributed by atoms with E-state index in [2.05, 4.69) is 71.2 Å². The van der Waals surface area contributed by atoms with E-state index in [0.717, 1.165) is 54.6 Å². The smallest absolute Gasteiger partial charge is 0.220 e. The first kappa shape index (κ1) is 23.3. The third kappa shape index (κ3) is 7.39. The summed E-state index contributed by atoms with van der Waals surface area (Å²) in [5.74, 6) is 3.10. The molecule has 166 valence electrons. The van der Waals surface area contributed by atoms with Crippen molar-refractivity contribution in [2.45, 2.75) is 58.0 Å². The van der Waals surface area contributed by atoms with Crippen LogP contribution in [0.3, 0.4) is 0 Å². The number of carbonyl (C=O) groups excluding carboxylic acids is 1. The summed E-state index contributed by atoms with van der Waals surface area (Å²) in [4.78, 5) is 12.0. The third-order valence-corrected chi connectivity index (χ3v) is 6.26. The van der Waals surface area contributed by atoms with Crippen molar-refractivity contribution in [1.82, 2.24) is 20.1 Å². The molecule has 31 heavy (non-hydrogen) atoms. The Hall–Kier alpha value is -2.34. The first-order chi connectivity index (χ1) is 15.0. The predicted molar refractivity (Wildman–Crippen MR) is 128 cm³/mol. The number of nitrogens with one attached hydrogen (secondary N) is 1. The Morgan fingerprint density at radius 3 is 2.77 bits per heavy atom. The number of hydrogen-bond donors (Lipinski definition) is 1. The van der Waals surface area contributed by atoms with E-state index in [1.807, 2.05) is 18.2 Å². The molecule has 1 aliphatic rings. The van der Waals surface area contributed by atoms with E-state index in [1.165, 1.54) is 5.57 Å². The Morgan fingerprint density at radius 2 is 2.03 bits per heavy atom. The lowest BCUT2D eigenvalue weighted by Crippen LogP contribution is -2.26. The van der Waals surface area contributed by atoms with Crippen molar-refractivity contribution < 1.29 is 4.79 Å². The highest BCUT2D eigenvalue weighted by Crippen LogP contribution is 2.28. The number of benzene rings is 1. The van der Waals surface area contributed by atoms with E-state index in [1.54, 1.807) is 11.8 Å². The summed E-state index contributed by atoms with van der Waals surface area (Å²) in [5.41, 5.74) is 2.53. The van der Waals surface area contributed by atoms with Gasteiger partial charge in [-0.05, 0) is 43.2 Å². The molecule has 0 radical (unpaired) electrons. The maximum absolute atomic E-state index is 12.0. The van der Waals surface area contributed by atoms with E-state index in [-0.39, 0.29) is 5.91 Å². The molecular formula is C25H34N4OS. The van der Waals surface area contributed by atoms with Crippen LogP contribution in [0.15, 0.2) is 59.3 Å². The first-order valence-corrected chi connectivity index (χ1v) is 12.3. The molecular weight excluding hydrogens is 404 g/mol. The van der Waals surface area contributed by atoms with Crippen LogP contribution in [0, 0.1) is 11.8 Å². The molecule has 2 aromatic rings. The fraction of sp³-hybridized carbons (Fsp3) is 0.480. The molecule has 0 aliphatic heterocycles. The van der Waals surface area contributed by atoms with Gasteiger partial charge in [0.25, 0.3) is 0 Å². The zero-order chi connectivity index (χ0) is 22.1. The molecule has 1 aromatic carbocycles. The van der Waals surface area contributed by atoms with Gasteiger partial charge in [-0.2, -0.15) is 0 Å². The number of rotatable bonds is 11. The van der Waals surface area contributed by atoms with Gasteiger partial charge < -0.3 is 5.32 Å². The van der Waals surface area contributed by atoms with Crippen LogP contribution in [0.5, 0.6) is 0 Å². The number of thioether (sulfide) groups is 1. The van der Waals surface area contributed by atoms with Crippen LogP contribution in [0.25, 0.3) is 5.69 Å². The summed E-state index contributed by atoms with van der Waals surface area (Å²) in [5, 5.41) is 12.9. The summed E-state index contributed by atoms with van der Waals surface area (Å²) < 4.78 is 2.17. The minimum Gasteiger partial charge on any atom is -0.356 e. The van der Waals surface area contributed by atoms with Gasteiger partial charge in [0.2, 0.25) is 5.91 Å². The number of allylic oxidation sites excluding steroid dienone is 3. The molecule has 0 fully saturated rings. The highest BCUT2D eigenvalue weighted by molar-refractivity contribution is 7.99. The van der Waals surface area contributed by atoms with Gasteiger partial charge in [0.05, 0.1) is 0 Å². The fourth-order valence-corrected chi connectivity index (χ4v) is 4.53. The van der Waals surface area contributed by atoms with Crippen LogP contribution in [0.4, 0.5) is 0 Å². The monoisotopic (exact) mass is 438 g/mol. The average molecular weight is 439 g/mol. The quantitative estimate of drug-likeness (QED) is 0.379. The molecule has 1 N–H and O–H groups in total. The number of amides is 1. The molecule has 1 amide bonds. The van der Waals surface area contributed by atoms with Crippen molar-refractivity contribution in [2.24, 2.45) is 11.8 Å². The molecule has 0 spiro atoms. The van der Waals surface area contributed by atoms with Gasteiger partial charge in [-0.25, -0.2) is 0 Å². The van der Waals surface area contributed by atoms with E-state index in [0.29, 0.717) is 18.3 Å². The topological polar surface area (TPSA) is 59.8 Å². The van der Waals surface area contributed by atoms with Crippen molar-refractivity contribution >= 4 is 17.7 Å². The van der Waals surface area contributed by atoms with Gasteiger partial charge in [-0.3, -0.25) is 9.36 Å². The largest absolute Gasteiger partial charge is 0.356 e. The molecule has 0 saturated heterocycles. The van der Waals surface area contributed by atoms with Crippen LogP contribution in [-0.2, 0) is 11.2 Å². The number of para-hydroxylation sites is 1. The Kier molecular flexibility index (Phi) is 8.95. The predicted octanol–water partition coefficient (Wildman–Crippen LogP) is 5.37. The molecule has 0 bridgehead atoms. The van der Waals surface area contributed by atoms with Crippen molar-refractivity contribution in [2.75, 3.05) is 12.3 Å². The van der Waals surface area contributed by atoms with Crippen LogP contribution in [-0.4, -0.2) is 33.0 Å². The Balaban J connectivity index is 1.61. The normalized spacial score (nSPS) is 15.9. The zero-order valence-corrected chi connectivity index (χ0v) is 19.7. The number of carbonyl (C=O) groups is 1. The van der Waals surface area contributed by atoms with Crippen LogP contribution >= 0.6 is 11.8 Å². The van der Waals surface area contributed by atoms with Crippen LogP contribution in [0.1, 0.15) is 52.3 Å². The number of aromatic nitrogens is 3. The molecule has 5 nitrogen and oxygen atoms in total. The average Bonchev–Trinajstić information content (AvgIpc) is 3.17. The van der Waals surface area contributed by atoms with Gasteiger partial charge in [0, 0.05) is 30.8 Å². The lowest BCUT2D eigenvalue weighted by atomic mass is 9.97. The molecule has 1 aliphatic carbocycles. The lowest BCUT2D eigenvalue weighted by Gasteiger charge is -2.15. The summed E-state index contributed by atoms with van der Waals surface area (Å²) >= 11 is 1.75.